The van der Waals surface area contributed by atoms with Gasteiger partial charge in [0, 0.05) is 18.0 Å². The van der Waals surface area contributed by atoms with Gasteiger partial charge in [0.2, 0.25) is 0 Å². The summed E-state index contributed by atoms with van der Waals surface area (Å²) in [6.45, 7) is 2.92. The summed E-state index contributed by atoms with van der Waals surface area (Å²) in [5, 5.41) is 9.94. The van der Waals surface area contributed by atoms with Crippen LogP contribution in [0.4, 0.5) is 13.2 Å². The van der Waals surface area contributed by atoms with Crippen molar-refractivity contribution in [2.75, 3.05) is 19.6 Å². The number of fused-ring (bicyclic) bond motifs is 4. The lowest BCUT2D eigenvalue weighted by molar-refractivity contribution is -0.274. The number of H-pyrrole nitrogens is 1. The van der Waals surface area contributed by atoms with Gasteiger partial charge in [-0.05, 0) is 50.0 Å². The predicted octanol–water partition coefficient (Wildman–Crippen LogP) is 2.29. The van der Waals surface area contributed by atoms with Crippen LogP contribution in [-0.4, -0.2) is 53.0 Å². The highest BCUT2D eigenvalue weighted by molar-refractivity contribution is 6.05. The number of hydrogen-bond donors (Lipinski definition) is 2. The monoisotopic (exact) mass is 354 g/mol. The van der Waals surface area contributed by atoms with Crippen LogP contribution in [0, 0.1) is 5.92 Å². The molecule has 6 nitrogen and oxygen atoms in total. The number of alkyl halides is 3. The molecule has 0 unspecified atom stereocenters. The number of benzene rings is 1. The third-order valence-electron chi connectivity index (χ3n) is 4.96. The number of halogens is 3. The lowest BCUT2D eigenvalue weighted by atomic mass is 9.84. The second kappa shape index (κ2) is 5.91. The highest BCUT2D eigenvalue weighted by Crippen LogP contribution is 2.29. The molecule has 0 saturated carbocycles. The Balaban J connectivity index is 1.55. The smallest absolute Gasteiger partial charge is 0.406 e. The first kappa shape index (κ1) is 16.2. The Bertz CT molecular complexity index is 796. The summed E-state index contributed by atoms with van der Waals surface area (Å²) in [6, 6.07) is 3.83. The summed E-state index contributed by atoms with van der Waals surface area (Å²) >= 11 is 0. The first-order chi connectivity index (χ1) is 11.9. The van der Waals surface area contributed by atoms with Gasteiger partial charge in [-0.2, -0.15) is 5.10 Å². The van der Waals surface area contributed by atoms with E-state index in [1.807, 2.05) is 0 Å². The Kier molecular flexibility index (Phi) is 3.82. The standard InChI is InChI=1S/C16H17F3N4O2/c17-16(18,19)25-10-1-2-12-11(7-10)14(22-21-12)15(24)20-13-8-23-5-3-9(13)4-6-23/h1-2,7,9,13H,3-6,8H2,(H,20,24)(H,21,22)/t13-/m1/s1. The highest BCUT2D eigenvalue weighted by Gasteiger charge is 2.35. The summed E-state index contributed by atoms with van der Waals surface area (Å²) in [6.07, 6.45) is -2.68. The van der Waals surface area contributed by atoms with Crippen molar-refractivity contribution in [3.8, 4) is 5.75 Å². The average molecular weight is 354 g/mol. The molecule has 1 amide bonds. The molecular weight excluding hydrogens is 337 g/mol. The molecular formula is C16H17F3N4O2. The second-order valence-electron chi connectivity index (χ2n) is 6.55. The van der Waals surface area contributed by atoms with Gasteiger partial charge >= 0.3 is 6.36 Å². The molecule has 134 valence electrons. The van der Waals surface area contributed by atoms with Crippen molar-refractivity contribution in [3.05, 3.63) is 23.9 Å². The molecule has 4 heterocycles. The number of nitrogens with one attached hydrogen (secondary N) is 2. The molecule has 3 fully saturated rings. The Morgan fingerprint density at radius 1 is 1.32 bits per heavy atom. The first-order valence-electron chi connectivity index (χ1n) is 8.16. The van der Waals surface area contributed by atoms with Crippen LogP contribution >= 0.6 is 0 Å². The van der Waals surface area contributed by atoms with E-state index in [0.29, 0.717) is 16.8 Å². The van der Waals surface area contributed by atoms with Crippen molar-refractivity contribution in [2.24, 2.45) is 5.92 Å². The molecule has 0 radical (unpaired) electrons. The van der Waals surface area contributed by atoms with Gasteiger partial charge in [-0.3, -0.25) is 9.89 Å². The molecule has 2 aromatic rings. The van der Waals surface area contributed by atoms with Crippen LogP contribution in [-0.2, 0) is 0 Å². The normalized spacial score (nSPS) is 26.0. The lowest BCUT2D eigenvalue weighted by Gasteiger charge is -2.44. The Morgan fingerprint density at radius 2 is 2.08 bits per heavy atom. The van der Waals surface area contributed by atoms with E-state index in [1.54, 1.807) is 0 Å². The van der Waals surface area contributed by atoms with E-state index >= 15 is 0 Å². The molecule has 1 atom stereocenters. The summed E-state index contributed by atoms with van der Waals surface area (Å²) in [7, 11) is 0. The molecule has 2 bridgehead atoms. The van der Waals surface area contributed by atoms with Crippen molar-refractivity contribution in [1.82, 2.24) is 20.4 Å². The zero-order chi connectivity index (χ0) is 17.6. The number of amides is 1. The van der Waals surface area contributed by atoms with Crippen LogP contribution in [0.3, 0.4) is 0 Å². The molecule has 0 aliphatic carbocycles. The number of aromatic nitrogens is 2. The van der Waals surface area contributed by atoms with Crippen LogP contribution in [0.2, 0.25) is 0 Å². The summed E-state index contributed by atoms with van der Waals surface area (Å²) in [4.78, 5) is 14.9. The molecule has 2 N–H and O–H groups in total. The Labute approximate surface area is 141 Å². The summed E-state index contributed by atoms with van der Waals surface area (Å²) < 4.78 is 41.1. The number of piperidine rings is 3. The first-order valence-corrected chi connectivity index (χ1v) is 8.16. The number of carbonyl (C=O) groups excluding carboxylic acids is 1. The lowest BCUT2D eigenvalue weighted by Crippen LogP contribution is -2.57. The quantitative estimate of drug-likeness (QED) is 0.887. The second-order valence-corrected chi connectivity index (χ2v) is 6.55. The van der Waals surface area contributed by atoms with Crippen LogP contribution in [0.15, 0.2) is 18.2 Å². The average Bonchev–Trinajstić information content (AvgIpc) is 2.97. The fourth-order valence-electron chi connectivity index (χ4n) is 3.73. The number of rotatable bonds is 3. The number of hydrogen-bond acceptors (Lipinski definition) is 4. The number of nitrogens with zero attached hydrogens (tertiary/aromatic N) is 2. The molecule has 25 heavy (non-hydrogen) atoms. The van der Waals surface area contributed by atoms with Gasteiger partial charge in [0.1, 0.15) is 5.75 Å². The molecule has 0 spiro atoms. The maximum atomic E-state index is 12.6. The van der Waals surface area contributed by atoms with Gasteiger partial charge in [0.15, 0.2) is 5.69 Å². The topological polar surface area (TPSA) is 70.2 Å². The summed E-state index contributed by atoms with van der Waals surface area (Å²) in [5.41, 5.74) is 0.563. The Morgan fingerprint density at radius 3 is 2.72 bits per heavy atom. The summed E-state index contributed by atoms with van der Waals surface area (Å²) in [5.74, 6) is -0.310. The SMILES string of the molecule is O=C(N[C@@H]1CN2CCC1CC2)c1n[nH]c2ccc(OC(F)(F)F)cc12. The number of ether oxygens (including phenoxy) is 1. The van der Waals surface area contributed by atoms with Gasteiger partial charge in [-0.15, -0.1) is 13.2 Å². The molecule has 3 saturated heterocycles. The van der Waals surface area contributed by atoms with Crippen molar-refractivity contribution in [2.45, 2.75) is 25.2 Å². The maximum absolute atomic E-state index is 12.6. The van der Waals surface area contributed by atoms with Crippen LogP contribution in [0.25, 0.3) is 10.9 Å². The largest absolute Gasteiger partial charge is 0.573 e. The Hall–Kier alpha value is -2.29. The minimum absolute atomic E-state index is 0.0522. The van der Waals surface area contributed by atoms with Crippen LogP contribution in [0.1, 0.15) is 23.3 Å². The number of aromatic amines is 1. The third-order valence-corrected chi connectivity index (χ3v) is 4.96. The molecule has 1 aromatic heterocycles. The molecule has 3 aliphatic heterocycles. The van der Waals surface area contributed by atoms with Crippen molar-refractivity contribution in [1.29, 1.82) is 0 Å². The molecule has 1 aromatic carbocycles. The van der Waals surface area contributed by atoms with Crippen molar-refractivity contribution in [3.63, 3.8) is 0 Å². The minimum Gasteiger partial charge on any atom is -0.406 e. The van der Waals surface area contributed by atoms with Gasteiger partial charge in [-0.1, -0.05) is 0 Å². The third kappa shape index (κ3) is 3.28. The van der Waals surface area contributed by atoms with Gasteiger partial charge < -0.3 is 15.0 Å². The highest BCUT2D eigenvalue weighted by atomic mass is 19.4. The molecule has 9 heteroatoms. The van der Waals surface area contributed by atoms with E-state index in [9.17, 15) is 18.0 Å². The van der Waals surface area contributed by atoms with E-state index in [0.717, 1.165) is 32.5 Å². The predicted molar refractivity (Wildman–Crippen MR) is 83.2 cm³/mol. The maximum Gasteiger partial charge on any atom is 0.573 e. The fraction of sp³-hybridized carbons (Fsp3) is 0.500. The molecule has 3 aliphatic rings. The minimum atomic E-state index is -4.78. The van der Waals surface area contributed by atoms with Gasteiger partial charge in [-0.25, -0.2) is 0 Å². The van der Waals surface area contributed by atoms with E-state index < -0.39 is 6.36 Å². The van der Waals surface area contributed by atoms with Gasteiger partial charge in [0.25, 0.3) is 5.91 Å². The van der Waals surface area contributed by atoms with Crippen molar-refractivity contribution >= 4 is 16.8 Å². The van der Waals surface area contributed by atoms with Gasteiger partial charge in [0.05, 0.1) is 5.52 Å². The van der Waals surface area contributed by atoms with E-state index in [-0.39, 0.29) is 23.4 Å². The van der Waals surface area contributed by atoms with E-state index in [2.05, 4.69) is 25.2 Å². The van der Waals surface area contributed by atoms with E-state index in [1.165, 1.54) is 18.2 Å². The van der Waals surface area contributed by atoms with Crippen LogP contribution in [0.5, 0.6) is 5.75 Å². The fourth-order valence-corrected chi connectivity index (χ4v) is 3.73. The number of carbonyl (C=O) groups is 1. The molecule has 5 rings (SSSR count). The van der Waals surface area contributed by atoms with Crippen molar-refractivity contribution < 1.29 is 22.7 Å². The zero-order valence-electron chi connectivity index (χ0n) is 13.3. The zero-order valence-corrected chi connectivity index (χ0v) is 13.3. The van der Waals surface area contributed by atoms with E-state index in [4.69, 9.17) is 0 Å². The van der Waals surface area contributed by atoms with Crippen LogP contribution < -0.4 is 10.1 Å².